The van der Waals surface area contributed by atoms with Crippen LogP contribution in [0.15, 0.2) is 47.1 Å². The van der Waals surface area contributed by atoms with Gasteiger partial charge in [0.15, 0.2) is 0 Å². The highest BCUT2D eigenvalue weighted by Gasteiger charge is 2.21. The van der Waals surface area contributed by atoms with Crippen molar-refractivity contribution in [2.75, 3.05) is 40.3 Å². The molecule has 1 aliphatic heterocycles. The molecule has 0 unspecified atom stereocenters. The normalized spacial score (nSPS) is 15.5. The highest BCUT2D eigenvalue weighted by atomic mass is 16.5. The number of piperazine rings is 1. The first kappa shape index (κ1) is 21.2. The average molecular weight is 419 g/mol. The number of furan rings is 1. The van der Waals surface area contributed by atoms with E-state index in [2.05, 4.69) is 49.2 Å². The van der Waals surface area contributed by atoms with E-state index in [1.807, 2.05) is 18.7 Å². The summed E-state index contributed by atoms with van der Waals surface area (Å²) in [6.07, 6.45) is 3.54. The fourth-order valence-corrected chi connectivity index (χ4v) is 4.21. The molecule has 1 fully saturated rings. The van der Waals surface area contributed by atoms with Gasteiger partial charge in [0, 0.05) is 54.3 Å². The number of rotatable bonds is 4. The predicted octanol–water partition coefficient (Wildman–Crippen LogP) is 4.90. The molecule has 0 N–H and O–H groups in total. The van der Waals surface area contributed by atoms with Crippen molar-refractivity contribution in [1.29, 1.82) is 0 Å². The summed E-state index contributed by atoms with van der Waals surface area (Å²) in [7, 11) is 3.75. The minimum Gasteiger partial charge on any atom is -0.496 e. The van der Waals surface area contributed by atoms with Gasteiger partial charge in [0.05, 0.1) is 13.4 Å². The van der Waals surface area contributed by atoms with Gasteiger partial charge in [0.25, 0.3) is 0 Å². The topological polar surface area (TPSA) is 45.9 Å². The van der Waals surface area contributed by atoms with Gasteiger partial charge < -0.3 is 19.0 Å². The summed E-state index contributed by atoms with van der Waals surface area (Å²) >= 11 is 0. The largest absolute Gasteiger partial charge is 0.496 e. The molecule has 5 nitrogen and oxygen atoms in total. The molecule has 162 valence electrons. The molecule has 5 heteroatoms. The van der Waals surface area contributed by atoms with E-state index in [-0.39, 0.29) is 5.91 Å². The van der Waals surface area contributed by atoms with Gasteiger partial charge in [0.1, 0.15) is 11.3 Å². The van der Waals surface area contributed by atoms with Crippen molar-refractivity contribution in [2.24, 2.45) is 0 Å². The number of hydrogen-bond donors (Lipinski definition) is 0. The lowest BCUT2D eigenvalue weighted by atomic mass is 9.96. The van der Waals surface area contributed by atoms with Crippen molar-refractivity contribution in [3.05, 3.63) is 59.4 Å². The molecule has 0 bridgehead atoms. The van der Waals surface area contributed by atoms with Gasteiger partial charge in [-0.2, -0.15) is 0 Å². The number of nitrogens with zero attached hydrogens (tertiary/aromatic N) is 2. The summed E-state index contributed by atoms with van der Waals surface area (Å²) in [4.78, 5) is 17.0. The maximum atomic E-state index is 12.9. The third-order valence-corrected chi connectivity index (χ3v) is 6.19. The van der Waals surface area contributed by atoms with E-state index in [4.69, 9.17) is 9.15 Å². The van der Waals surface area contributed by atoms with E-state index in [1.54, 1.807) is 19.4 Å². The molecule has 31 heavy (non-hydrogen) atoms. The number of likely N-dealkylation sites (N-methyl/N-ethyl adjacent to an activating group) is 1. The predicted molar refractivity (Wildman–Crippen MR) is 125 cm³/mol. The number of allylic oxidation sites excluding steroid dienone is 1. The molecule has 2 aromatic carbocycles. The van der Waals surface area contributed by atoms with Gasteiger partial charge in [0.2, 0.25) is 5.91 Å². The van der Waals surface area contributed by atoms with Gasteiger partial charge >= 0.3 is 0 Å². The Bertz CT molecular complexity index is 1130. The Morgan fingerprint density at radius 1 is 1.10 bits per heavy atom. The first-order valence-electron chi connectivity index (χ1n) is 10.7. The van der Waals surface area contributed by atoms with Gasteiger partial charge in [-0.1, -0.05) is 29.8 Å². The van der Waals surface area contributed by atoms with Crippen LogP contribution in [0.4, 0.5) is 0 Å². The number of carbonyl (C=O) groups excluding carboxylic acids is 1. The van der Waals surface area contributed by atoms with Crippen LogP contribution in [0.5, 0.6) is 5.75 Å². The number of ether oxygens (including phenoxy) is 1. The zero-order valence-corrected chi connectivity index (χ0v) is 19.0. The van der Waals surface area contributed by atoms with E-state index in [0.717, 1.165) is 70.7 Å². The van der Waals surface area contributed by atoms with Crippen LogP contribution in [-0.2, 0) is 4.79 Å². The van der Waals surface area contributed by atoms with E-state index in [9.17, 15) is 4.79 Å². The summed E-state index contributed by atoms with van der Waals surface area (Å²) in [5.41, 5.74) is 6.93. The molecule has 0 saturated carbocycles. The maximum absolute atomic E-state index is 12.9. The zero-order valence-electron chi connectivity index (χ0n) is 19.0. The van der Waals surface area contributed by atoms with Crippen LogP contribution in [0.3, 0.4) is 0 Å². The number of aryl methyl sites for hydroxylation is 2. The van der Waals surface area contributed by atoms with Crippen LogP contribution < -0.4 is 4.74 Å². The Labute approximate surface area is 183 Å². The second-order valence-corrected chi connectivity index (χ2v) is 8.43. The molecule has 1 amide bonds. The molecule has 1 aromatic heterocycles. The van der Waals surface area contributed by atoms with E-state index in [1.165, 1.54) is 5.56 Å². The summed E-state index contributed by atoms with van der Waals surface area (Å²) in [5, 5.41) is 1.02. The Hall–Kier alpha value is -3.05. The van der Waals surface area contributed by atoms with Gasteiger partial charge in [-0.3, -0.25) is 4.79 Å². The Morgan fingerprint density at radius 3 is 2.42 bits per heavy atom. The third-order valence-electron chi connectivity index (χ3n) is 6.19. The minimum atomic E-state index is 0.0522. The molecule has 0 atom stereocenters. The van der Waals surface area contributed by atoms with E-state index >= 15 is 0 Å². The van der Waals surface area contributed by atoms with E-state index in [0.29, 0.717) is 0 Å². The third kappa shape index (κ3) is 4.10. The van der Waals surface area contributed by atoms with Gasteiger partial charge in [-0.05, 0) is 45.0 Å². The Kier molecular flexibility index (Phi) is 5.88. The Balaban J connectivity index is 1.76. The number of hydrogen-bond acceptors (Lipinski definition) is 4. The average Bonchev–Trinajstić information content (AvgIpc) is 3.19. The molecule has 0 aliphatic carbocycles. The molecule has 3 aromatic rings. The first-order valence-corrected chi connectivity index (χ1v) is 10.7. The summed E-state index contributed by atoms with van der Waals surface area (Å²) in [6.45, 7) is 9.38. The molecule has 0 spiro atoms. The SMILES string of the molecule is COc1c(/C(C)=C/C(=O)N2CCN(C)CC2)cc2c(-c3ccc(C)cc3)coc2c1C. The van der Waals surface area contributed by atoms with Crippen molar-refractivity contribution in [2.45, 2.75) is 20.8 Å². The maximum Gasteiger partial charge on any atom is 0.246 e. The fraction of sp³-hybridized carbons (Fsp3) is 0.346. The quantitative estimate of drug-likeness (QED) is 0.565. The molecular weight excluding hydrogens is 388 g/mol. The zero-order chi connectivity index (χ0) is 22.1. The van der Waals surface area contributed by atoms with Crippen molar-refractivity contribution in [3.8, 4) is 16.9 Å². The van der Waals surface area contributed by atoms with Crippen LogP contribution in [-0.4, -0.2) is 56.0 Å². The lowest BCUT2D eigenvalue weighted by molar-refractivity contribution is -0.127. The number of benzene rings is 2. The minimum absolute atomic E-state index is 0.0522. The summed E-state index contributed by atoms with van der Waals surface area (Å²) in [6, 6.07) is 10.5. The monoisotopic (exact) mass is 418 g/mol. The van der Waals surface area contributed by atoms with Gasteiger partial charge in [-0.15, -0.1) is 0 Å². The molecule has 1 saturated heterocycles. The van der Waals surface area contributed by atoms with Crippen molar-refractivity contribution in [1.82, 2.24) is 9.80 Å². The van der Waals surface area contributed by atoms with Crippen LogP contribution >= 0.6 is 0 Å². The van der Waals surface area contributed by atoms with Crippen LogP contribution in [0.25, 0.3) is 27.7 Å². The molecule has 0 radical (unpaired) electrons. The van der Waals surface area contributed by atoms with Crippen LogP contribution in [0.2, 0.25) is 0 Å². The molecule has 4 rings (SSSR count). The first-order chi connectivity index (χ1) is 14.9. The molecule has 1 aliphatic rings. The second kappa shape index (κ2) is 8.60. The second-order valence-electron chi connectivity index (χ2n) is 8.43. The highest BCUT2D eigenvalue weighted by molar-refractivity contribution is 6.01. The standard InChI is InChI=1S/C26H30N2O3/c1-17-6-8-20(9-7-17)23-16-31-26-19(3)25(30-5)21(15-22(23)26)18(2)14-24(29)28-12-10-27(4)11-13-28/h6-9,14-16H,10-13H2,1-5H3/b18-14+. The summed E-state index contributed by atoms with van der Waals surface area (Å²) in [5.74, 6) is 0.800. The number of amides is 1. The molecular formula is C26H30N2O3. The van der Waals surface area contributed by atoms with E-state index < -0.39 is 0 Å². The fourth-order valence-electron chi connectivity index (χ4n) is 4.21. The smallest absolute Gasteiger partial charge is 0.246 e. The van der Waals surface area contributed by atoms with Crippen molar-refractivity contribution >= 4 is 22.4 Å². The summed E-state index contributed by atoms with van der Waals surface area (Å²) < 4.78 is 11.7. The van der Waals surface area contributed by atoms with Crippen LogP contribution in [0, 0.1) is 13.8 Å². The molecule has 2 heterocycles. The highest BCUT2D eigenvalue weighted by Crippen LogP contribution is 2.40. The van der Waals surface area contributed by atoms with Crippen molar-refractivity contribution in [3.63, 3.8) is 0 Å². The number of fused-ring (bicyclic) bond motifs is 1. The van der Waals surface area contributed by atoms with Crippen molar-refractivity contribution < 1.29 is 13.9 Å². The number of carbonyl (C=O) groups is 1. The van der Waals surface area contributed by atoms with Crippen LogP contribution in [0.1, 0.15) is 23.6 Å². The lowest BCUT2D eigenvalue weighted by Crippen LogP contribution is -2.46. The van der Waals surface area contributed by atoms with Gasteiger partial charge in [-0.25, -0.2) is 0 Å². The lowest BCUT2D eigenvalue weighted by Gasteiger charge is -2.31. The number of methoxy groups -OCH3 is 1. The Morgan fingerprint density at radius 2 is 1.77 bits per heavy atom.